The van der Waals surface area contributed by atoms with Crippen LogP contribution < -0.4 is 5.73 Å². The third kappa shape index (κ3) is 3.90. The number of primary amides is 1. The summed E-state index contributed by atoms with van der Waals surface area (Å²) in [6.07, 6.45) is 8.93. The number of hydrogen-bond donors (Lipinski definition) is 1. The molecule has 1 amide bonds. The molecule has 30 heavy (non-hydrogen) atoms. The minimum absolute atomic E-state index is 0.344. The number of aromatic nitrogens is 2. The quantitative estimate of drug-likeness (QED) is 0.682. The van der Waals surface area contributed by atoms with Gasteiger partial charge in [0.15, 0.2) is 0 Å². The molecule has 0 unspecified atom stereocenters. The molecule has 0 saturated carbocycles. The molecule has 2 aliphatic heterocycles. The van der Waals surface area contributed by atoms with Gasteiger partial charge in [-0.15, -0.1) is 0 Å². The van der Waals surface area contributed by atoms with E-state index in [4.69, 9.17) is 5.73 Å². The van der Waals surface area contributed by atoms with Crippen LogP contribution in [0.2, 0.25) is 0 Å². The third-order valence-corrected chi connectivity index (χ3v) is 6.77. The first-order chi connectivity index (χ1) is 14.7. The number of amides is 1. The highest BCUT2D eigenvalue weighted by atomic mass is 16.1. The Bertz CT molecular complexity index is 1010. The number of benzene rings is 2. The molecule has 2 saturated heterocycles. The summed E-state index contributed by atoms with van der Waals surface area (Å²) in [5, 5.41) is 0. The van der Waals surface area contributed by atoms with Crippen LogP contribution in [-0.2, 0) is 13.1 Å². The number of nitrogens with two attached hydrogens (primary N) is 1. The summed E-state index contributed by atoms with van der Waals surface area (Å²) in [5.74, 6) is 0.164. The van der Waals surface area contributed by atoms with Gasteiger partial charge in [-0.1, -0.05) is 42.5 Å². The van der Waals surface area contributed by atoms with Crippen LogP contribution in [-0.4, -0.2) is 32.4 Å². The van der Waals surface area contributed by atoms with Crippen molar-refractivity contribution in [3.8, 4) is 0 Å². The summed E-state index contributed by atoms with van der Waals surface area (Å²) in [6.45, 7) is 1.78. The molecule has 0 spiro atoms. The van der Waals surface area contributed by atoms with Gasteiger partial charge in [0, 0.05) is 36.9 Å². The number of carbonyl (C=O) groups is 1. The smallest absolute Gasteiger partial charge is 0.248 e. The zero-order chi connectivity index (χ0) is 20.5. The zero-order valence-electron chi connectivity index (χ0n) is 17.2. The van der Waals surface area contributed by atoms with Gasteiger partial charge in [0.1, 0.15) is 0 Å². The molecule has 0 aliphatic carbocycles. The molecule has 5 heteroatoms. The molecule has 3 aromatic rings. The Labute approximate surface area is 177 Å². The van der Waals surface area contributed by atoms with Crippen LogP contribution >= 0.6 is 0 Å². The predicted molar refractivity (Wildman–Crippen MR) is 117 cm³/mol. The van der Waals surface area contributed by atoms with Gasteiger partial charge in [0.25, 0.3) is 0 Å². The first kappa shape index (κ1) is 19.1. The second kappa shape index (κ2) is 8.07. The molecule has 2 bridgehead atoms. The van der Waals surface area contributed by atoms with Gasteiger partial charge in [0.05, 0.1) is 12.0 Å². The van der Waals surface area contributed by atoms with E-state index in [1.807, 2.05) is 24.5 Å². The van der Waals surface area contributed by atoms with E-state index in [0.29, 0.717) is 23.6 Å². The molecule has 5 nitrogen and oxygen atoms in total. The molecule has 154 valence electrons. The van der Waals surface area contributed by atoms with E-state index in [-0.39, 0.29) is 5.91 Å². The summed E-state index contributed by atoms with van der Waals surface area (Å²) in [5.41, 5.74) is 9.80. The van der Waals surface area contributed by atoms with Crippen LogP contribution in [0, 0.1) is 0 Å². The lowest BCUT2D eigenvalue weighted by Crippen LogP contribution is -2.41. The number of rotatable bonds is 6. The second-order valence-electron chi connectivity index (χ2n) is 8.74. The summed E-state index contributed by atoms with van der Waals surface area (Å²) >= 11 is 0. The van der Waals surface area contributed by atoms with Crippen LogP contribution in [0.25, 0.3) is 0 Å². The number of fused-ring (bicyclic) bond motifs is 2. The summed E-state index contributed by atoms with van der Waals surface area (Å²) in [6, 6.07) is 19.6. The Morgan fingerprint density at radius 3 is 2.50 bits per heavy atom. The largest absolute Gasteiger partial charge is 0.366 e. The molecule has 5 rings (SSSR count). The van der Waals surface area contributed by atoms with Crippen molar-refractivity contribution in [3.05, 3.63) is 89.5 Å². The molecule has 2 fully saturated rings. The molecular formula is C25H28N4O. The third-order valence-electron chi connectivity index (χ3n) is 6.77. The maximum atomic E-state index is 11.6. The summed E-state index contributed by atoms with van der Waals surface area (Å²) in [7, 11) is 0. The Morgan fingerprint density at radius 1 is 1.00 bits per heavy atom. The van der Waals surface area contributed by atoms with E-state index in [2.05, 4.69) is 51.0 Å². The zero-order valence-corrected chi connectivity index (χ0v) is 17.2. The lowest BCUT2D eigenvalue weighted by molar-refractivity contribution is 0.0999. The molecule has 3 atom stereocenters. The van der Waals surface area contributed by atoms with Crippen molar-refractivity contribution in [3.63, 3.8) is 0 Å². The number of carbonyl (C=O) groups excluding carboxylic acids is 1. The highest BCUT2D eigenvalue weighted by molar-refractivity contribution is 5.92. The Morgan fingerprint density at radius 2 is 1.77 bits per heavy atom. The summed E-state index contributed by atoms with van der Waals surface area (Å²) < 4.78 is 2.18. The highest BCUT2D eigenvalue weighted by Crippen LogP contribution is 2.43. The van der Waals surface area contributed by atoms with Crippen molar-refractivity contribution in [2.45, 2.75) is 56.8 Å². The van der Waals surface area contributed by atoms with E-state index in [1.54, 1.807) is 6.07 Å². The van der Waals surface area contributed by atoms with Gasteiger partial charge >= 0.3 is 0 Å². The number of nitrogens with zero attached hydrogens (tertiary/aromatic N) is 3. The van der Waals surface area contributed by atoms with Crippen molar-refractivity contribution >= 4 is 5.91 Å². The van der Waals surface area contributed by atoms with Crippen LogP contribution in [0.15, 0.2) is 67.1 Å². The molecule has 0 radical (unpaired) electrons. The van der Waals surface area contributed by atoms with Gasteiger partial charge in [-0.05, 0) is 54.9 Å². The van der Waals surface area contributed by atoms with Crippen molar-refractivity contribution in [2.24, 2.45) is 5.73 Å². The fraction of sp³-hybridized carbons (Fsp3) is 0.360. The maximum Gasteiger partial charge on any atom is 0.248 e. The van der Waals surface area contributed by atoms with Crippen molar-refractivity contribution < 1.29 is 4.79 Å². The Hall–Kier alpha value is -2.92. The molecule has 1 aromatic heterocycles. The van der Waals surface area contributed by atoms with Crippen LogP contribution in [0.4, 0.5) is 0 Å². The van der Waals surface area contributed by atoms with E-state index >= 15 is 0 Å². The molecule has 2 N–H and O–H groups in total. The van der Waals surface area contributed by atoms with Gasteiger partial charge in [-0.2, -0.15) is 0 Å². The summed E-state index contributed by atoms with van der Waals surface area (Å²) in [4.78, 5) is 18.9. The minimum atomic E-state index is -0.344. The van der Waals surface area contributed by atoms with Crippen molar-refractivity contribution in [1.82, 2.24) is 14.5 Å². The fourth-order valence-corrected chi connectivity index (χ4v) is 5.31. The van der Waals surface area contributed by atoms with Crippen LogP contribution in [0.5, 0.6) is 0 Å². The molecule has 2 aliphatic rings. The minimum Gasteiger partial charge on any atom is -0.366 e. The number of hydrogen-bond acceptors (Lipinski definition) is 3. The van der Waals surface area contributed by atoms with Gasteiger partial charge in [-0.25, -0.2) is 4.98 Å². The molecule has 3 heterocycles. The van der Waals surface area contributed by atoms with Gasteiger partial charge in [0.2, 0.25) is 5.91 Å². The van der Waals surface area contributed by atoms with E-state index in [1.165, 1.54) is 24.0 Å². The van der Waals surface area contributed by atoms with E-state index in [9.17, 15) is 4.79 Å². The fourth-order valence-electron chi connectivity index (χ4n) is 5.31. The Kier molecular flexibility index (Phi) is 5.13. The first-order valence-electron chi connectivity index (χ1n) is 10.9. The van der Waals surface area contributed by atoms with Crippen LogP contribution in [0.3, 0.4) is 0 Å². The second-order valence-corrected chi connectivity index (χ2v) is 8.74. The van der Waals surface area contributed by atoms with Gasteiger partial charge < -0.3 is 10.3 Å². The standard InChI is InChI=1S/C25H28N4O/c26-25(30)20-8-4-7-19(11-20)21-12-23-9-10-24(13-21)29(23)16-22-15-28(17-27-22)14-18-5-2-1-3-6-18/h1-8,11,15,17,21,23-24H,9-10,12-14,16H2,(H2,26,30)/t21-,23+,24-. The number of piperidine rings is 1. The average Bonchev–Trinajstić information content (AvgIpc) is 3.28. The lowest BCUT2D eigenvalue weighted by atomic mass is 9.84. The van der Waals surface area contributed by atoms with E-state index in [0.717, 1.165) is 31.6 Å². The lowest BCUT2D eigenvalue weighted by Gasteiger charge is -2.39. The predicted octanol–water partition coefficient (Wildman–Crippen LogP) is 3.94. The number of imidazole rings is 1. The SMILES string of the molecule is NC(=O)c1cccc([C@H]2C[C@H]3CC[C@@H](C2)N3Cc2cn(Cc3ccccc3)cn2)c1. The normalized spacial score (nSPS) is 23.5. The maximum absolute atomic E-state index is 11.6. The van der Waals surface area contributed by atoms with E-state index < -0.39 is 0 Å². The van der Waals surface area contributed by atoms with Gasteiger partial charge in [-0.3, -0.25) is 9.69 Å². The first-order valence-corrected chi connectivity index (χ1v) is 10.9. The van der Waals surface area contributed by atoms with Crippen LogP contribution in [0.1, 0.15) is 58.8 Å². The molecule has 2 aromatic carbocycles. The Balaban J connectivity index is 1.25. The monoisotopic (exact) mass is 400 g/mol. The highest BCUT2D eigenvalue weighted by Gasteiger charge is 2.41. The molecular weight excluding hydrogens is 372 g/mol. The van der Waals surface area contributed by atoms with Crippen molar-refractivity contribution in [2.75, 3.05) is 0 Å². The topological polar surface area (TPSA) is 64.2 Å². The average molecular weight is 401 g/mol. The van der Waals surface area contributed by atoms with Crippen molar-refractivity contribution in [1.29, 1.82) is 0 Å².